The summed E-state index contributed by atoms with van der Waals surface area (Å²) in [5.41, 5.74) is 2.47. The standard InChI is InChI=1S/C24H25N3O3/c1-28-19-11-13-21(14-12-19)30-18-16-27-23-10-6-5-9-22(23)26(24(27)25)15-17-29-20-7-3-2-4-8-20/h2-14,25H,15-18H2,1H3. The van der Waals surface area contributed by atoms with Crippen LogP contribution in [0.15, 0.2) is 78.9 Å². The SMILES string of the molecule is COc1ccc(OCCn2c(=N)n(CCOc3ccccc3)c3ccccc32)cc1. The molecular weight excluding hydrogens is 378 g/mol. The van der Waals surface area contributed by atoms with Crippen molar-refractivity contribution in [3.8, 4) is 17.2 Å². The molecule has 1 N–H and O–H groups in total. The summed E-state index contributed by atoms with van der Waals surface area (Å²) >= 11 is 0. The van der Waals surface area contributed by atoms with Crippen LogP contribution >= 0.6 is 0 Å². The van der Waals surface area contributed by atoms with Crippen LogP contribution in [0.3, 0.4) is 0 Å². The van der Waals surface area contributed by atoms with E-state index in [1.807, 2.05) is 88.0 Å². The number of ether oxygens (including phenoxy) is 3. The highest BCUT2D eigenvalue weighted by Crippen LogP contribution is 2.18. The maximum absolute atomic E-state index is 8.69. The highest BCUT2D eigenvalue weighted by atomic mass is 16.5. The molecule has 0 atom stereocenters. The Morgan fingerprint density at radius 2 is 1.10 bits per heavy atom. The quantitative estimate of drug-likeness (QED) is 0.458. The Morgan fingerprint density at radius 3 is 1.63 bits per heavy atom. The molecule has 4 rings (SSSR count). The fourth-order valence-electron chi connectivity index (χ4n) is 3.45. The largest absolute Gasteiger partial charge is 0.497 e. The summed E-state index contributed by atoms with van der Waals surface area (Å²) in [6.45, 7) is 2.15. The number of imidazole rings is 1. The topological polar surface area (TPSA) is 61.4 Å². The molecule has 0 unspecified atom stereocenters. The van der Waals surface area contributed by atoms with Crippen molar-refractivity contribution < 1.29 is 14.2 Å². The Balaban J connectivity index is 1.46. The van der Waals surface area contributed by atoms with E-state index in [2.05, 4.69) is 0 Å². The molecule has 0 saturated carbocycles. The van der Waals surface area contributed by atoms with Crippen LogP contribution in [0.2, 0.25) is 0 Å². The molecular formula is C24H25N3O3. The van der Waals surface area contributed by atoms with Crippen molar-refractivity contribution in [2.24, 2.45) is 0 Å². The Kier molecular flexibility index (Phi) is 6.03. The molecule has 1 heterocycles. The van der Waals surface area contributed by atoms with E-state index in [-0.39, 0.29) is 0 Å². The van der Waals surface area contributed by atoms with E-state index in [1.54, 1.807) is 7.11 Å². The number of fused-ring (bicyclic) bond motifs is 1. The van der Waals surface area contributed by atoms with Crippen molar-refractivity contribution in [2.45, 2.75) is 13.1 Å². The maximum atomic E-state index is 8.69. The molecule has 0 spiro atoms. The van der Waals surface area contributed by atoms with Crippen LogP contribution in [0, 0.1) is 5.41 Å². The number of hydrogen-bond acceptors (Lipinski definition) is 4. The summed E-state index contributed by atoms with van der Waals surface area (Å²) in [6, 6.07) is 25.3. The normalized spacial score (nSPS) is 10.8. The fraction of sp³-hybridized carbons (Fsp3) is 0.208. The minimum absolute atomic E-state index is 0.436. The molecule has 0 amide bonds. The van der Waals surface area contributed by atoms with Crippen LogP contribution in [-0.4, -0.2) is 29.5 Å². The Morgan fingerprint density at radius 1 is 0.633 bits per heavy atom. The number of rotatable bonds is 9. The zero-order valence-electron chi connectivity index (χ0n) is 17.0. The van der Waals surface area contributed by atoms with E-state index in [0.29, 0.717) is 31.9 Å². The van der Waals surface area contributed by atoms with Crippen LogP contribution in [-0.2, 0) is 13.1 Å². The lowest BCUT2D eigenvalue weighted by atomic mass is 10.3. The van der Waals surface area contributed by atoms with Gasteiger partial charge in [-0.2, -0.15) is 0 Å². The van der Waals surface area contributed by atoms with E-state index < -0.39 is 0 Å². The van der Waals surface area contributed by atoms with Gasteiger partial charge in [0.1, 0.15) is 30.5 Å². The van der Waals surface area contributed by atoms with Gasteiger partial charge in [-0.05, 0) is 48.5 Å². The van der Waals surface area contributed by atoms with E-state index in [1.165, 1.54) is 0 Å². The number of aromatic nitrogens is 2. The molecule has 0 aliphatic rings. The second-order valence-electron chi connectivity index (χ2n) is 6.80. The second kappa shape index (κ2) is 9.22. The average molecular weight is 403 g/mol. The minimum Gasteiger partial charge on any atom is -0.497 e. The van der Waals surface area contributed by atoms with Gasteiger partial charge < -0.3 is 23.3 Å². The lowest BCUT2D eigenvalue weighted by molar-refractivity contribution is 0.287. The minimum atomic E-state index is 0.436. The zero-order chi connectivity index (χ0) is 20.8. The fourth-order valence-corrected chi connectivity index (χ4v) is 3.45. The molecule has 4 aromatic rings. The number of para-hydroxylation sites is 3. The molecule has 0 aliphatic carbocycles. The van der Waals surface area contributed by atoms with Crippen LogP contribution in [0.1, 0.15) is 0 Å². The van der Waals surface area contributed by atoms with E-state index in [4.69, 9.17) is 19.6 Å². The third-order valence-corrected chi connectivity index (χ3v) is 4.94. The monoisotopic (exact) mass is 403 g/mol. The highest BCUT2D eigenvalue weighted by molar-refractivity contribution is 5.75. The Hall–Kier alpha value is -3.67. The van der Waals surface area contributed by atoms with Gasteiger partial charge in [0.2, 0.25) is 5.62 Å². The first-order chi connectivity index (χ1) is 14.8. The van der Waals surface area contributed by atoms with Gasteiger partial charge in [0.25, 0.3) is 0 Å². The van der Waals surface area contributed by atoms with Crippen molar-refractivity contribution in [1.82, 2.24) is 9.13 Å². The molecule has 0 radical (unpaired) electrons. The number of hydrogen-bond donors (Lipinski definition) is 1. The summed E-state index contributed by atoms with van der Waals surface area (Å²) in [5, 5.41) is 8.69. The molecule has 1 aromatic heterocycles. The van der Waals surface area contributed by atoms with Gasteiger partial charge in [-0.15, -0.1) is 0 Å². The van der Waals surface area contributed by atoms with Crippen molar-refractivity contribution in [1.29, 1.82) is 5.41 Å². The summed E-state index contributed by atoms with van der Waals surface area (Å²) in [7, 11) is 1.64. The van der Waals surface area contributed by atoms with Gasteiger partial charge in [0, 0.05) is 0 Å². The van der Waals surface area contributed by atoms with Crippen LogP contribution < -0.4 is 19.8 Å². The summed E-state index contributed by atoms with van der Waals surface area (Å²) < 4.78 is 20.8. The predicted octanol–water partition coefficient (Wildman–Crippen LogP) is 4.09. The molecule has 0 fully saturated rings. The molecule has 6 heteroatoms. The van der Waals surface area contributed by atoms with Crippen molar-refractivity contribution in [2.75, 3.05) is 20.3 Å². The van der Waals surface area contributed by atoms with Gasteiger partial charge in [0.05, 0.1) is 31.2 Å². The summed E-state index contributed by atoms with van der Waals surface area (Å²) in [5.74, 6) is 2.41. The molecule has 6 nitrogen and oxygen atoms in total. The predicted molar refractivity (Wildman–Crippen MR) is 116 cm³/mol. The second-order valence-corrected chi connectivity index (χ2v) is 6.80. The molecule has 154 valence electrons. The Labute approximate surface area is 175 Å². The number of nitrogens with one attached hydrogen (secondary N) is 1. The van der Waals surface area contributed by atoms with Gasteiger partial charge in [-0.3, -0.25) is 5.41 Å². The van der Waals surface area contributed by atoms with Crippen LogP contribution in [0.4, 0.5) is 0 Å². The van der Waals surface area contributed by atoms with Crippen molar-refractivity contribution in [3.05, 3.63) is 84.5 Å². The van der Waals surface area contributed by atoms with E-state index >= 15 is 0 Å². The van der Waals surface area contributed by atoms with E-state index in [9.17, 15) is 0 Å². The number of benzene rings is 3. The third-order valence-electron chi connectivity index (χ3n) is 4.94. The lowest BCUT2D eigenvalue weighted by Gasteiger charge is -2.09. The summed E-state index contributed by atoms with van der Waals surface area (Å²) in [6.07, 6.45) is 0. The Bertz CT molecular complexity index is 1150. The third kappa shape index (κ3) is 4.33. The average Bonchev–Trinajstić information content (AvgIpc) is 3.06. The van der Waals surface area contributed by atoms with Gasteiger partial charge in [-0.1, -0.05) is 30.3 Å². The number of nitrogens with zero attached hydrogens (tertiary/aromatic N) is 2. The van der Waals surface area contributed by atoms with Gasteiger partial charge in [-0.25, -0.2) is 0 Å². The van der Waals surface area contributed by atoms with Crippen LogP contribution in [0.5, 0.6) is 17.2 Å². The van der Waals surface area contributed by atoms with E-state index in [0.717, 1.165) is 28.3 Å². The highest BCUT2D eigenvalue weighted by Gasteiger charge is 2.10. The lowest BCUT2D eigenvalue weighted by Crippen LogP contribution is -2.28. The smallest absolute Gasteiger partial charge is 0.203 e. The first-order valence-corrected chi connectivity index (χ1v) is 9.93. The summed E-state index contributed by atoms with van der Waals surface area (Å²) in [4.78, 5) is 0. The first kappa shape index (κ1) is 19.6. The molecule has 0 bridgehead atoms. The molecule has 0 aliphatic heterocycles. The molecule has 3 aromatic carbocycles. The van der Waals surface area contributed by atoms with Crippen molar-refractivity contribution in [3.63, 3.8) is 0 Å². The number of methoxy groups -OCH3 is 1. The first-order valence-electron chi connectivity index (χ1n) is 9.93. The molecule has 0 saturated heterocycles. The van der Waals surface area contributed by atoms with Gasteiger partial charge >= 0.3 is 0 Å². The zero-order valence-corrected chi connectivity index (χ0v) is 17.0. The van der Waals surface area contributed by atoms with Crippen molar-refractivity contribution >= 4 is 11.0 Å². The van der Waals surface area contributed by atoms with Gasteiger partial charge in [0.15, 0.2) is 0 Å². The molecule has 30 heavy (non-hydrogen) atoms. The maximum Gasteiger partial charge on any atom is 0.203 e. The van der Waals surface area contributed by atoms with Crippen LogP contribution in [0.25, 0.3) is 11.0 Å².